The number of aryl methyl sites for hydroxylation is 2. The Kier molecular flexibility index (Phi) is 3.36. The smallest absolute Gasteiger partial charge is 0.257 e. The van der Waals surface area contributed by atoms with Crippen LogP contribution in [0.2, 0.25) is 0 Å². The molecule has 1 aliphatic heterocycles. The number of piperidine rings is 1. The lowest BCUT2D eigenvalue weighted by Crippen LogP contribution is -2.57. The summed E-state index contributed by atoms with van der Waals surface area (Å²) in [6, 6.07) is 0. The maximum atomic E-state index is 12.4. The molecule has 1 aliphatic rings. The molecule has 1 fully saturated rings. The number of rotatable bonds is 2. The highest BCUT2D eigenvalue weighted by molar-refractivity contribution is 5.97. The fraction of sp³-hybridized carbons (Fsp3) is 0.538. The zero-order valence-electron chi connectivity index (χ0n) is 11.1. The number of primary amides is 1. The summed E-state index contributed by atoms with van der Waals surface area (Å²) in [6.07, 6.45) is 2.35. The SMILES string of the molecule is Cc1coc(C)c1C(=O)N1CCC[C@](O)(C(N)=O)C1. The Morgan fingerprint density at radius 3 is 2.68 bits per heavy atom. The van der Waals surface area contributed by atoms with Gasteiger partial charge in [-0.05, 0) is 26.7 Å². The van der Waals surface area contributed by atoms with E-state index in [2.05, 4.69) is 0 Å². The van der Waals surface area contributed by atoms with Gasteiger partial charge in [0.05, 0.1) is 18.4 Å². The van der Waals surface area contributed by atoms with Crippen LogP contribution in [-0.2, 0) is 4.79 Å². The van der Waals surface area contributed by atoms with Gasteiger partial charge in [-0.15, -0.1) is 0 Å². The number of likely N-dealkylation sites (tertiary alicyclic amines) is 1. The predicted octanol–water partition coefficient (Wildman–Crippen LogP) is 0.349. The Labute approximate surface area is 111 Å². The molecule has 3 N–H and O–H groups in total. The number of hydrogen-bond acceptors (Lipinski definition) is 4. The average Bonchev–Trinajstić information content (AvgIpc) is 2.68. The lowest BCUT2D eigenvalue weighted by atomic mass is 9.91. The number of amides is 2. The van der Waals surface area contributed by atoms with Gasteiger partial charge in [0.15, 0.2) is 5.60 Å². The van der Waals surface area contributed by atoms with Crippen LogP contribution < -0.4 is 5.73 Å². The van der Waals surface area contributed by atoms with Crippen molar-refractivity contribution in [3.63, 3.8) is 0 Å². The van der Waals surface area contributed by atoms with Crippen molar-refractivity contribution in [1.29, 1.82) is 0 Å². The molecule has 0 saturated carbocycles. The van der Waals surface area contributed by atoms with Crippen molar-refractivity contribution in [3.8, 4) is 0 Å². The molecule has 0 unspecified atom stereocenters. The van der Waals surface area contributed by atoms with Gasteiger partial charge in [0.25, 0.3) is 11.8 Å². The third-order valence-electron chi connectivity index (χ3n) is 3.59. The predicted molar refractivity (Wildman–Crippen MR) is 67.5 cm³/mol. The quantitative estimate of drug-likeness (QED) is 0.807. The van der Waals surface area contributed by atoms with Gasteiger partial charge in [-0.3, -0.25) is 9.59 Å². The van der Waals surface area contributed by atoms with E-state index < -0.39 is 11.5 Å². The maximum Gasteiger partial charge on any atom is 0.257 e. The number of β-amino-alcohol motifs (C(OH)–C–C–N with tert-alkyl or cyclic N) is 1. The first-order valence-electron chi connectivity index (χ1n) is 6.21. The van der Waals surface area contributed by atoms with Crippen LogP contribution in [0.5, 0.6) is 0 Å². The van der Waals surface area contributed by atoms with E-state index in [1.54, 1.807) is 13.8 Å². The topological polar surface area (TPSA) is 96.8 Å². The van der Waals surface area contributed by atoms with Gasteiger partial charge in [-0.2, -0.15) is 0 Å². The molecule has 2 heterocycles. The van der Waals surface area contributed by atoms with Crippen molar-refractivity contribution in [2.75, 3.05) is 13.1 Å². The minimum atomic E-state index is -1.63. The summed E-state index contributed by atoms with van der Waals surface area (Å²) >= 11 is 0. The molecule has 2 rings (SSSR count). The highest BCUT2D eigenvalue weighted by atomic mass is 16.3. The van der Waals surface area contributed by atoms with Crippen LogP contribution >= 0.6 is 0 Å². The average molecular weight is 266 g/mol. The van der Waals surface area contributed by atoms with E-state index in [1.807, 2.05) is 0 Å². The van der Waals surface area contributed by atoms with Gasteiger partial charge in [0.2, 0.25) is 0 Å². The molecular weight excluding hydrogens is 248 g/mol. The first kappa shape index (κ1) is 13.6. The standard InChI is InChI=1S/C13H18N2O4/c1-8-6-19-9(2)10(8)11(16)15-5-3-4-13(18,7-15)12(14)17/h6,18H,3-5,7H2,1-2H3,(H2,14,17)/t13-/m1/s1. The summed E-state index contributed by atoms with van der Waals surface area (Å²) in [5, 5.41) is 10.1. The van der Waals surface area contributed by atoms with Gasteiger partial charge in [-0.25, -0.2) is 0 Å². The van der Waals surface area contributed by atoms with E-state index in [4.69, 9.17) is 10.2 Å². The van der Waals surface area contributed by atoms with Crippen LogP contribution in [0.25, 0.3) is 0 Å². The van der Waals surface area contributed by atoms with E-state index in [9.17, 15) is 14.7 Å². The van der Waals surface area contributed by atoms with Gasteiger partial charge < -0.3 is 20.2 Å². The number of aliphatic hydroxyl groups is 1. The van der Waals surface area contributed by atoms with Crippen molar-refractivity contribution >= 4 is 11.8 Å². The Morgan fingerprint density at radius 1 is 1.47 bits per heavy atom. The second-order valence-electron chi connectivity index (χ2n) is 5.08. The van der Waals surface area contributed by atoms with Crippen LogP contribution in [0.4, 0.5) is 0 Å². The van der Waals surface area contributed by atoms with Crippen molar-refractivity contribution in [2.24, 2.45) is 5.73 Å². The summed E-state index contributed by atoms with van der Waals surface area (Å²) < 4.78 is 5.21. The van der Waals surface area contributed by atoms with Crippen molar-refractivity contribution in [2.45, 2.75) is 32.3 Å². The molecule has 104 valence electrons. The number of carbonyl (C=O) groups excluding carboxylic acids is 2. The van der Waals surface area contributed by atoms with Crippen LogP contribution in [0.1, 0.15) is 34.5 Å². The fourth-order valence-corrected chi connectivity index (χ4v) is 2.46. The van der Waals surface area contributed by atoms with Crippen molar-refractivity contribution < 1.29 is 19.1 Å². The third-order valence-corrected chi connectivity index (χ3v) is 3.59. The second kappa shape index (κ2) is 4.70. The molecule has 1 saturated heterocycles. The number of nitrogens with two attached hydrogens (primary N) is 1. The Hall–Kier alpha value is -1.82. The minimum absolute atomic E-state index is 0.0643. The van der Waals surface area contributed by atoms with Gasteiger partial charge in [0, 0.05) is 12.1 Å². The molecular formula is C13H18N2O4. The molecule has 6 nitrogen and oxygen atoms in total. The summed E-state index contributed by atoms with van der Waals surface area (Å²) in [5.74, 6) is -0.482. The van der Waals surface area contributed by atoms with E-state index in [0.717, 1.165) is 5.56 Å². The lowest BCUT2D eigenvalue weighted by molar-refractivity contribution is -0.140. The number of hydrogen-bond donors (Lipinski definition) is 2. The largest absolute Gasteiger partial charge is 0.469 e. The van der Waals surface area contributed by atoms with Crippen LogP contribution in [0.3, 0.4) is 0 Å². The molecule has 2 amide bonds. The summed E-state index contributed by atoms with van der Waals surface area (Å²) in [4.78, 5) is 25.2. The van der Waals surface area contributed by atoms with E-state index in [1.165, 1.54) is 11.2 Å². The van der Waals surface area contributed by atoms with E-state index in [-0.39, 0.29) is 18.9 Å². The Balaban J connectivity index is 2.23. The molecule has 19 heavy (non-hydrogen) atoms. The summed E-state index contributed by atoms with van der Waals surface area (Å²) in [7, 11) is 0. The normalized spacial score (nSPS) is 23.4. The van der Waals surface area contributed by atoms with Crippen molar-refractivity contribution in [1.82, 2.24) is 4.90 Å². The van der Waals surface area contributed by atoms with E-state index >= 15 is 0 Å². The lowest BCUT2D eigenvalue weighted by Gasteiger charge is -2.37. The Morgan fingerprint density at radius 2 is 2.16 bits per heavy atom. The molecule has 0 aliphatic carbocycles. The van der Waals surface area contributed by atoms with Crippen molar-refractivity contribution in [3.05, 3.63) is 23.2 Å². The molecule has 1 aromatic rings. The fourth-order valence-electron chi connectivity index (χ4n) is 2.46. The monoisotopic (exact) mass is 266 g/mol. The molecule has 0 spiro atoms. The van der Waals surface area contributed by atoms with Crippen LogP contribution in [-0.4, -0.2) is 40.5 Å². The minimum Gasteiger partial charge on any atom is -0.469 e. The molecule has 0 aromatic carbocycles. The number of furan rings is 1. The zero-order chi connectivity index (χ0) is 14.2. The highest BCUT2D eigenvalue weighted by Gasteiger charge is 2.40. The molecule has 6 heteroatoms. The summed E-state index contributed by atoms with van der Waals surface area (Å²) in [6.45, 7) is 3.93. The number of carbonyl (C=O) groups is 2. The maximum absolute atomic E-state index is 12.4. The first-order valence-corrected chi connectivity index (χ1v) is 6.21. The van der Waals surface area contributed by atoms with E-state index in [0.29, 0.717) is 24.3 Å². The van der Waals surface area contributed by atoms with Gasteiger partial charge in [0.1, 0.15) is 5.76 Å². The molecule has 0 radical (unpaired) electrons. The number of nitrogens with zero attached hydrogens (tertiary/aromatic N) is 1. The van der Waals surface area contributed by atoms with Crippen LogP contribution in [0.15, 0.2) is 10.7 Å². The highest BCUT2D eigenvalue weighted by Crippen LogP contribution is 2.25. The van der Waals surface area contributed by atoms with Gasteiger partial charge >= 0.3 is 0 Å². The second-order valence-corrected chi connectivity index (χ2v) is 5.08. The first-order chi connectivity index (χ1) is 8.85. The molecule has 0 bridgehead atoms. The van der Waals surface area contributed by atoms with Crippen LogP contribution in [0, 0.1) is 13.8 Å². The molecule has 1 atom stereocenters. The Bertz CT molecular complexity index is 503. The zero-order valence-corrected chi connectivity index (χ0v) is 11.1. The third kappa shape index (κ3) is 2.35. The molecule has 1 aromatic heterocycles. The van der Waals surface area contributed by atoms with Gasteiger partial charge in [-0.1, -0.05) is 0 Å². The summed E-state index contributed by atoms with van der Waals surface area (Å²) in [5.41, 5.74) is 4.81.